The van der Waals surface area contributed by atoms with Crippen LogP contribution in [0.1, 0.15) is 21.8 Å². The first kappa shape index (κ1) is 15.7. The summed E-state index contributed by atoms with van der Waals surface area (Å²) in [6.07, 6.45) is 2.39. The Balaban J connectivity index is 1.58. The molecule has 0 saturated heterocycles. The second-order valence-corrected chi connectivity index (χ2v) is 5.20. The van der Waals surface area contributed by atoms with Crippen molar-refractivity contribution in [3.05, 3.63) is 65.7 Å². The first-order valence-corrected chi connectivity index (χ1v) is 7.56. The van der Waals surface area contributed by atoms with E-state index in [1.54, 1.807) is 25.3 Å². The zero-order valence-corrected chi connectivity index (χ0v) is 13.2. The number of anilines is 2. The van der Waals surface area contributed by atoms with E-state index in [2.05, 4.69) is 37.9 Å². The number of amides is 1. The van der Waals surface area contributed by atoms with Crippen LogP contribution in [0.25, 0.3) is 0 Å². The molecule has 0 saturated carbocycles. The molecule has 7 heteroatoms. The molecule has 0 aliphatic carbocycles. The summed E-state index contributed by atoms with van der Waals surface area (Å²) < 4.78 is 4.91. The van der Waals surface area contributed by atoms with Crippen LogP contribution in [0.2, 0.25) is 0 Å². The highest BCUT2D eigenvalue weighted by molar-refractivity contribution is 6.02. The molecule has 24 heavy (non-hydrogen) atoms. The van der Waals surface area contributed by atoms with Crippen LogP contribution >= 0.6 is 0 Å². The Hall–Kier alpha value is -3.22. The van der Waals surface area contributed by atoms with E-state index in [-0.39, 0.29) is 11.6 Å². The molecule has 7 nitrogen and oxygen atoms in total. The van der Waals surface area contributed by atoms with Crippen LogP contribution < -0.4 is 10.6 Å². The van der Waals surface area contributed by atoms with Crippen molar-refractivity contribution in [2.75, 3.05) is 17.2 Å². The number of hydrogen-bond donors (Lipinski definition) is 2. The van der Waals surface area contributed by atoms with Crippen LogP contribution in [-0.2, 0) is 6.42 Å². The Morgan fingerprint density at radius 3 is 2.79 bits per heavy atom. The van der Waals surface area contributed by atoms with Crippen molar-refractivity contribution in [1.82, 2.24) is 15.1 Å². The minimum atomic E-state index is -0.364. The van der Waals surface area contributed by atoms with E-state index in [1.165, 1.54) is 5.56 Å². The Morgan fingerprint density at radius 1 is 1.21 bits per heavy atom. The standard InChI is InChI=1S/C17H17N5O2/c1-12-11-15(22-24-12)21-16(23)14-8-10-19-17(20-14)18-9-7-13-5-3-2-4-6-13/h2-6,8,10-11H,7,9H2,1H3,(H,18,19,20)(H,21,22,23). The predicted octanol–water partition coefficient (Wildman–Crippen LogP) is 2.68. The van der Waals surface area contributed by atoms with E-state index in [1.807, 2.05) is 18.2 Å². The zero-order chi connectivity index (χ0) is 16.8. The average molecular weight is 323 g/mol. The van der Waals surface area contributed by atoms with E-state index < -0.39 is 0 Å². The van der Waals surface area contributed by atoms with Crippen molar-refractivity contribution in [3.63, 3.8) is 0 Å². The summed E-state index contributed by atoms with van der Waals surface area (Å²) in [6, 6.07) is 13.3. The summed E-state index contributed by atoms with van der Waals surface area (Å²) in [5.41, 5.74) is 1.48. The largest absolute Gasteiger partial charge is 0.360 e. The van der Waals surface area contributed by atoms with Gasteiger partial charge in [-0.3, -0.25) is 4.79 Å². The van der Waals surface area contributed by atoms with E-state index in [0.29, 0.717) is 24.1 Å². The van der Waals surface area contributed by atoms with Gasteiger partial charge in [0.25, 0.3) is 5.91 Å². The van der Waals surface area contributed by atoms with Crippen molar-refractivity contribution in [2.24, 2.45) is 0 Å². The third-order valence-corrected chi connectivity index (χ3v) is 3.30. The topological polar surface area (TPSA) is 92.9 Å². The molecular weight excluding hydrogens is 306 g/mol. The van der Waals surface area contributed by atoms with Crippen molar-refractivity contribution < 1.29 is 9.32 Å². The summed E-state index contributed by atoms with van der Waals surface area (Å²) in [5.74, 6) is 1.03. The predicted molar refractivity (Wildman–Crippen MR) is 89.9 cm³/mol. The van der Waals surface area contributed by atoms with Gasteiger partial charge in [-0.15, -0.1) is 0 Å². The fourth-order valence-electron chi connectivity index (χ4n) is 2.14. The summed E-state index contributed by atoms with van der Waals surface area (Å²) >= 11 is 0. The lowest BCUT2D eigenvalue weighted by Crippen LogP contribution is -2.16. The number of carbonyl (C=O) groups excluding carboxylic acids is 1. The molecule has 0 aliphatic rings. The highest BCUT2D eigenvalue weighted by Gasteiger charge is 2.11. The summed E-state index contributed by atoms with van der Waals surface area (Å²) in [6.45, 7) is 2.43. The van der Waals surface area contributed by atoms with Gasteiger partial charge in [0.2, 0.25) is 5.95 Å². The molecular formula is C17H17N5O2. The lowest BCUT2D eigenvalue weighted by atomic mass is 10.1. The van der Waals surface area contributed by atoms with Gasteiger partial charge in [-0.2, -0.15) is 0 Å². The number of benzene rings is 1. The van der Waals surface area contributed by atoms with Gasteiger partial charge >= 0.3 is 0 Å². The SMILES string of the molecule is Cc1cc(NC(=O)c2ccnc(NCCc3ccccc3)n2)no1. The minimum Gasteiger partial charge on any atom is -0.360 e. The molecule has 0 bridgehead atoms. The number of carbonyl (C=O) groups is 1. The maximum Gasteiger partial charge on any atom is 0.275 e. The smallest absolute Gasteiger partial charge is 0.275 e. The van der Waals surface area contributed by atoms with Gasteiger partial charge in [0.1, 0.15) is 11.5 Å². The number of aromatic nitrogens is 3. The van der Waals surface area contributed by atoms with Crippen LogP contribution in [-0.4, -0.2) is 27.6 Å². The molecule has 2 N–H and O–H groups in total. The van der Waals surface area contributed by atoms with Gasteiger partial charge in [-0.1, -0.05) is 35.5 Å². The van der Waals surface area contributed by atoms with Gasteiger partial charge in [-0.05, 0) is 25.0 Å². The van der Waals surface area contributed by atoms with E-state index in [4.69, 9.17) is 4.52 Å². The Labute approximate surface area is 139 Å². The monoisotopic (exact) mass is 323 g/mol. The van der Waals surface area contributed by atoms with Crippen molar-refractivity contribution in [2.45, 2.75) is 13.3 Å². The highest BCUT2D eigenvalue weighted by Crippen LogP contribution is 2.09. The molecule has 3 rings (SSSR count). The molecule has 0 unspecified atom stereocenters. The van der Waals surface area contributed by atoms with Gasteiger partial charge in [0.15, 0.2) is 5.82 Å². The third-order valence-electron chi connectivity index (χ3n) is 3.30. The van der Waals surface area contributed by atoms with Crippen LogP contribution in [0.15, 0.2) is 53.2 Å². The van der Waals surface area contributed by atoms with Gasteiger partial charge in [0.05, 0.1) is 0 Å². The Kier molecular flexibility index (Phi) is 4.81. The summed E-state index contributed by atoms with van der Waals surface area (Å²) in [5, 5.41) is 9.47. The maximum atomic E-state index is 12.2. The molecule has 1 aromatic carbocycles. The lowest BCUT2D eigenvalue weighted by Gasteiger charge is -2.06. The molecule has 0 fully saturated rings. The first-order valence-electron chi connectivity index (χ1n) is 7.56. The normalized spacial score (nSPS) is 10.4. The number of nitrogens with zero attached hydrogens (tertiary/aromatic N) is 3. The minimum absolute atomic E-state index is 0.257. The van der Waals surface area contributed by atoms with Crippen LogP contribution in [0.3, 0.4) is 0 Å². The molecule has 0 spiro atoms. The lowest BCUT2D eigenvalue weighted by molar-refractivity contribution is 0.102. The third kappa shape index (κ3) is 4.16. The molecule has 0 atom stereocenters. The molecule has 3 aromatic rings. The Morgan fingerprint density at radius 2 is 2.04 bits per heavy atom. The van der Waals surface area contributed by atoms with E-state index in [0.717, 1.165) is 6.42 Å². The average Bonchev–Trinajstić information content (AvgIpc) is 3.01. The quantitative estimate of drug-likeness (QED) is 0.724. The van der Waals surface area contributed by atoms with Gasteiger partial charge < -0.3 is 15.2 Å². The summed E-state index contributed by atoms with van der Waals surface area (Å²) in [4.78, 5) is 20.5. The van der Waals surface area contributed by atoms with E-state index in [9.17, 15) is 4.79 Å². The fourth-order valence-corrected chi connectivity index (χ4v) is 2.14. The highest BCUT2D eigenvalue weighted by atomic mass is 16.5. The van der Waals surface area contributed by atoms with Crippen LogP contribution in [0, 0.1) is 6.92 Å². The number of nitrogens with one attached hydrogen (secondary N) is 2. The molecule has 2 aromatic heterocycles. The van der Waals surface area contributed by atoms with Crippen molar-refractivity contribution in [1.29, 1.82) is 0 Å². The first-order chi connectivity index (χ1) is 11.7. The van der Waals surface area contributed by atoms with Crippen molar-refractivity contribution >= 4 is 17.7 Å². The Bertz CT molecular complexity index is 817. The van der Waals surface area contributed by atoms with Gasteiger partial charge in [0, 0.05) is 18.8 Å². The van der Waals surface area contributed by atoms with E-state index >= 15 is 0 Å². The molecule has 1 amide bonds. The number of rotatable bonds is 6. The molecule has 0 radical (unpaired) electrons. The van der Waals surface area contributed by atoms with Crippen LogP contribution in [0.4, 0.5) is 11.8 Å². The second-order valence-electron chi connectivity index (χ2n) is 5.20. The molecule has 2 heterocycles. The number of hydrogen-bond acceptors (Lipinski definition) is 6. The molecule has 0 aliphatic heterocycles. The van der Waals surface area contributed by atoms with Crippen LogP contribution in [0.5, 0.6) is 0 Å². The van der Waals surface area contributed by atoms with Crippen molar-refractivity contribution in [3.8, 4) is 0 Å². The fraction of sp³-hybridized carbons (Fsp3) is 0.176. The maximum absolute atomic E-state index is 12.2. The second kappa shape index (κ2) is 7.36. The zero-order valence-electron chi connectivity index (χ0n) is 13.2. The summed E-state index contributed by atoms with van der Waals surface area (Å²) in [7, 11) is 0. The number of aryl methyl sites for hydroxylation is 1. The van der Waals surface area contributed by atoms with Gasteiger partial charge in [-0.25, -0.2) is 9.97 Å². The molecule has 122 valence electrons.